The molecule has 0 aliphatic carbocycles. The van der Waals surface area contributed by atoms with Crippen molar-refractivity contribution in [2.75, 3.05) is 45.9 Å². The first-order valence-corrected chi connectivity index (χ1v) is 10.4. The number of aromatic nitrogens is 1. The molecule has 0 unspecified atom stereocenters. The normalized spacial score (nSPS) is 15.3. The van der Waals surface area contributed by atoms with Crippen LogP contribution in [0.5, 0.6) is 0 Å². The molecule has 1 aliphatic heterocycles. The van der Waals surface area contributed by atoms with Gasteiger partial charge in [0.15, 0.2) is 5.96 Å². The third kappa shape index (κ3) is 6.48. The average molecular weight is 382 g/mol. The molecule has 0 radical (unpaired) electrons. The Morgan fingerprint density at radius 3 is 2.62 bits per heavy atom. The molecule has 0 spiro atoms. The van der Waals surface area contributed by atoms with Crippen LogP contribution in [-0.4, -0.2) is 72.7 Å². The van der Waals surface area contributed by atoms with E-state index in [1.54, 1.807) is 16.2 Å². The van der Waals surface area contributed by atoms with Crippen molar-refractivity contribution in [1.82, 2.24) is 20.1 Å². The summed E-state index contributed by atoms with van der Waals surface area (Å²) in [4.78, 5) is 25.0. The number of nitrogens with zero attached hydrogens (tertiary/aromatic N) is 4. The summed E-state index contributed by atoms with van der Waals surface area (Å²) in [6.07, 6.45) is 2.97. The molecule has 1 fully saturated rings. The molecule has 1 aromatic heterocycles. The number of guanidine groups is 1. The van der Waals surface area contributed by atoms with Gasteiger partial charge in [-0.2, -0.15) is 0 Å². The fourth-order valence-corrected chi connectivity index (χ4v) is 3.65. The number of aliphatic imine (C=N–C) groups is 1. The van der Waals surface area contributed by atoms with Crippen molar-refractivity contribution in [3.8, 4) is 0 Å². The number of nitrogens with one attached hydrogen (secondary N) is 1. The van der Waals surface area contributed by atoms with Gasteiger partial charge in [-0.15, -0.1) is 11.3 Å². The van der Waals surface area contributed by atoms with Crippen LogP contribution in [-0.2, 0) is 11.2 Å². The Bertz CT molecular complexity index is 582. The summed E-state index contributed by atoms with van der Waals surface area (Å²) in [7, 11) is 0. The number of aryl methyl sites for hydroxylation is 2. The monoisotopic (exact) mass is 381 g/mol. The van der Waals surface area contributed by atoms with Crippen molar-refractivity contribution in [3.05, 3.63) is 16.1 Å². The van der Waals surface area contributed by atoms with Gasteiger partial charge in [0, 0.05) is 50.3 Å². The summed E-state index contributed by atoms with van der Waals surface area (Å²) < 4.78 is 5.07. The van der Waals surface area contributed by atoms with E-state index in [0.717, 1.165) is 57.1 Å². The van der Waals surface area contributed by atoms with Crippen molar-refractivity contribution < 1.29 is 9.53 Å². The van der Waals surface area contributed by atoms with Gasteiger partial charge in [-0.05, 0) is 40.0 Å². The highest BCUT2D eigenvalue weighted by molar-refractivity contribution is 7.09. The first-order valence-electron chi connectivity index (χ1n) is 9.50. The van der Waals surface area contributed by atoms with E-state index in [2.05, 4.69) is 27.5 Å². The van der Waals surface area contributed by atoms with Gasteiger partial charge in [-0.25, -0.2) is 9.78 Å². The topological polar surface area (TPSA) is 70.1 Å². The zero-order valence-corrected chi connectivity index (χ0v) is 17.0. The molecule has 0 bridgehead atoms. The van der Waals surface area contributed by atoms with Gasteiger partial charge < -0.3 is 19.9 Å². The van der Waals surface area contributed by atoms with E-state index in [1.807, 2.05) is 13.8 Å². The molecule has 0 saturated carbocycles. The first-order chi connectivity index (χ1) is 12.6. The number of carbonyl (C=O) groups is 1. The predicted molar refractivity (Wildman–Crippen MR) is 106 cm³/mol. The maximum absolute atomic E-state index is 11.8. The van der Waals surface area contributed by atoms with Crippen LogP contribution < -0.4 is 5.32 Å². The largest absolute Gasteiger partial charge is 0.450 e. The van der Waals surface area contributed by atoms with E-state index < -0.39 is 0 Å². The first kappa shape index (κ1) is 20.5. The van der Waals surface area contributed by atoms with Crippen LogP contribution in [0.3, 0.4) is 0 Å². The predicted octanol–water partition coefficient (Wildman–Crippen LogP) is 2.51. The second-order valence-electron chi connectivity index (χ2n) is 6.25. The lowest BCUT2D eigenvalue weighted by molar-refractivity contribution is 0.0914. The van der Waals surface area contributed by atoms with Gasteiger partial charge in [-0.1, -0.05) is 0 Å². The molecule has 0 aromatic carbocycles. The molecule has 7 nitrogen and oxygen atoms in total. The highest BCUT2D eigenvalue weighted by atomic mass is 32.1. The Kier molecular flexibility index (Phi) is 8.67. The van der Waals surface area contributed by atoms with Gasteiger partial charge >= 0.3 is 6.09 Å². The third-order valence-electron chi connectivity index (χ3n) is 4.17. The minimum absolute atomic E-state index is 0.216. The van der Waals surface area contributed by atoms with Gasteiger partial charge in [-0.3, -0.25) is 4.99 Å². The second kappa shape index (κ2) is 11.0. The number of piperazine rings is 1. The minimum atomic E-state index is -0.216. The highest BCUT2D eigenvalue weighted by Gasteiger charge is 2.23. The average Bonchev–Trinajstić information content (AvgIpc) is 3.06. The number of rotatable bonds is 7. The lowest BCUT2D eigenvalue weighted by Gasteiger charge is -2.35. The quantitative estimate of drug-likeness (QED) is 0.446. The maximum Gasteiger partial charge on any atom is 0.409 e. The number of ether oxygens (including phenoxy) is 1. The zero-order valence-electron chi connectivity index (χ0n) is 16.2. The standard InChI is InChI=1S/C18H31N5O2S/c1-4-19-17(20-9-7-6-8-16-21-15(3)14-26-16)22-10-12-23(13-11-22)18(24)25-5-2/h14H,4-13H2,1-3H3,(H,19,20). The molecule has 2 rings (SSSR count). The summed E-state index contributed by atoms with van der Waals surface area (Å²) in [5.74, 6) is 0.945. The Labute approximate surface area is 160 Å². The SMILES string of the molecule is CCNC(=NCCCCc1nc(C)cs1)N1CCN(C(=O)OCC)CC1. The Balaban J connectivity index is 1.74. The zero-order chi connectivity index (χ0) is 18.8. The lowest BCUT2D eigenvalue weighted by Crippen LogP contribution is -2.53. The van der Waals surface area contributed by atoms with E-state index in [9.17, 15) is 4.79 Å². The van der Waals surface area contributed by atoms with Crippen molar-refractivity contribution >= 4 is 23.4 Å². The Hall–Kier alpha value is -1.83. The number of carbonyl (C=O) groups excluding carboxylic acids is 1. The van der Waals surface area contributed by atoms with E-state index in [4.69, 9.17) is 9.73 Å². The van der Waals surface area contributed by atoms with Crippen LogP contribution >= 0.6 is 11.3 Å². The molecule has 1 aliphatic rings. The number of hydrogen-bond acceptors (Lipinski definition) is 5. The number of thiazole rings is 1. The summed E-state index contributed by atoms with van der Waals surface area (Å²) in [6, 6.07) is 0. The van der Waals surface area contributed by atoms with E-state index >= 15 is 0 Å². The molecule has 8 heteroatoms. The van der Waals surface area contributed by atoms with E-state index in [1.165, 1.54) is 5.01 Å². The third-order valence-corrected chi connectivity index (χ3v) is 5.19. The molecule has 0 atom stereocenters. The maximum atomic E-state index is 11.8. The number of unbranched alkanes of at least 4 members (excludes halogenated alkanes) is 1. The molecule has 1 amide bonds. The summed E-state index contributed by atoms with van der Waals surface area (Å²) in [5.41, 5.74) is 1.11. The molecular formula is C18H31N5O2S. The summed E-state index contributed by atoms with van der Waals surface area (Å²) in [6.45, 7) is 10.9. The molecule has 146 valence electrons. The fourth-order valence-electron chi connectivity index (χ4n) is 2.83. The molecule has 1 aromatic rings. The van der Waals surface area contributed by atoms with Gasteiger partial charge in [0.25, 0.3) is 0 Å². The van der Waals surface area contributed by atoms with E-state index in [0.29, 0.717) is 19.7 Å². The van der Waals surface area contributed by atoms with Crippen LogP contribution in [0.15, 0.2) is 10.4 Å². The Morgan fingerprint density at radius 1 is 1.27 bits per heavy atom. The van der Waals surface area contributed by atoms with Gasteiger partial charge in [0.05, 0.1) is 11.6 Å². The number of hydrogen-bond donors (Lipinski definition) is 1. The molecule has 1 N–H and O–H groups in total. The number of amides is 1. The minimum Gasteiger partial charge on any atom is -0.450 e. The molecular weight excluding hydrogens is 350 g/mol. The fraction of sp³-hybridized carbons (Fsp3) is 0.722. The van der Waals surface area contributed by atoms with Crippen molar-refractivity contribution in [2.45, 2.75) is 40.0 Å². The van der Waals surface area contributed by atoms with Gasteiger partial charge in [0.1, 0.15) is 0 Å². The molecule has 26 heavy (non-hydrogen) atoms. The van der Waals surface area contributed by atoms with Crippen LogP contribution in [0.1, 0.15) is 37.4 Å². The molecule has 2 heterocycles. The highest BCUT2D eigenvalue weighted by Crippen LogP contribution is 2.12. The van der Waals surface area contributed by atoms with Crippen LogP contribution in [0.4, 0.5) is 4.79 Å². The van der Waals surface area contributed by atoms with Gasteiger partial charge in [0.2, 0.25) is 0 Å². The van der Waals surface area contributed by atoms with Crippen LogP contribution in [0.2, 0.25) is 0 Å². The van der Waals surface area contributed by atoms with Crippen molar-refractivity contribution in [1.29, 1.82) is 0 Å². The molecule has 1 saturated heterocycles. The van der Waals surface area contributed by atoms with Crippen LogP contribution in [0.25, 0.3) is 0 Å². The Morgan fingerprint density at radius 2 is 2.00 bits per heavy atom. The van der Waals surface area contributed by atoms with E-state index in [-0.39, 0.29) is 6.09 Å². The second-order valence-corrected chi connectivity index (χ2v) is 7.19. The smallest absolute Gasteiger partial charge is 0.409 e. The summed E-state index contributed by atoms with van der Waals surface area (Å²) >= 11 is 1.74. The van der Waals surface area contributed by atoms with Crippen LogP contribution in [0, 0.1) is 6.92 Å². The summed E-state index contributed by atoms with van der Waals surface area (Å²) in [5, 5.41) is 6.68. The van der Waals surface area contributed by atoms with Crippen molar-refractivity contribution in [2.24, 2.45) is 4.99 Å². The lowest BCUT2D eigenvalue weighted by atomic mass is 10.2. The van der Waals surface area contributed by atoms with Crippen molar-refractivity contribution in [3.63, 3.8) is 0 Å².